The van der Waals surface area contributed by atoms with Crippen LogP contribution in [0.1, 0.15) is 81.6 Å². The van der Waals surface area contributed by atoms with E-state index in [-0.39, 0.29) is 63.1 Å². The van der Waals surface area contributed by atoms with Gasteiger partial charge in [0.05, 0.1) is 31.0 Å². The van der Waals surface area contributed by atoms with Gasteiger partial charge in [0, 0.05) is 31.6 Å². The number of nitrogens with two attached hydrogens (primary N) is 1. The molecule has 0 saturated carbocycles. The van der Waals surface area contributed by atoms with Crippen LogP contribution in [0.5, 0.6) is 11.5 Å². The molecule has 0 aromatic heterocycles. The van der Waals surface area contributed by atoms with Gasteiger partial charge in [-0.25, -0.2) is 0 Å². The van der Waals surface area contributed by atoms with Gasteiger partial charge in [0.2, 0.25) is 35.4 Å². The van der Waals surface area contributed by atoms with Crippen molar-refractivity contribution in [3.05, 3.63) is 108 Å². The number of phenolic OH excluding ortho intramolecular Hbond substituents is 1. The van der Waals surface area contributed by atoms with E-state index < -0.39 is 102 Å². The number of aromatic hydroxyl groups is 1. The van der Waals surface area contributed by atoms with E-state index >= 15 is 0 Å². The predicted molar refractivity (Wildman–Crippen MR) is 281 cm³/mol. The van der Waals surface area contributed by atoms with Gasteiger partial charge in [-0.1, -0.05) is 80.4 Å². The first-order valence-corrected chi connectivity index (χ1v) is 26.0. The number of hydrogen-bond acceptors (Lipinski definition) is 13. The first-order chi connectivity index (χ1) is 36.4. The molecule has 3 aliphatic rings. The van der Waals surface area contributed by atoms with Crippen LogP contribution in [0.25, 0.3) is 22.3 Å². The minimum absolute atomic E-state index is 0.00233. The second-order valence-corrected chi connectivity index (χ2v) is 19.9. The summed E-state index contributed by atoms with van der Waals surface area (Å²) in [7, 11) is 0. The number of amides is 7. The molecule has 0 spiro atoms. The van der Waals surface area contributed by atoms with E-state index in [2.05, 4.69) is 33.5 Å². The predicted octanol–water partition coefficient (Wildman–Crippen LogP) is 1.65. The molecular weight excluding hydrogens is 977 g/mol. The highest BCUT2D eigenvalue weighted by molar-refractivity contribution is 6.00. The van der Waals surface area contributed by atoms with Crippen molar-refractivity contribution in [1.29, 1.82) is 0 Å². The van der Waals surface area contributed by atoms with E-state index in [9.17, 15) is 54.0 Å². The molecule has 3 fully saturated rings. The molecule has 7 unspecified atom stereocenters. The molecule has 20 heteroatoms. The van der Waals surface area contributed by atoms with Gasteiger partial charge in [0.1, 0.15) is 47.8 Å². The SMILES string of the molecule is CCCCCOc1ccc(-c2ccc(-c3ccc(C(=O)N[C@H]4CCCNC(=O)C5[C@H](N)CN5C(=O)C(C(C)O)NC(=O)C(CCc5ccc(O)cc5)NC(=O)C5C[C@@H](O)CN5C(=O)C(C(C)O)NC4=O)cc3)cc2)cc1. The smallest absolute Gasteiger partial charge is 0.251 e. The second kappa shape index (κ2) is 25.9. The fourth-order valence-electron chi connectivity index (χ4n) is 9.64. The molecule has 4 aromatic carbocycles. The number of hydrogen-bond donors (Lipinski definition) is 10. The first kappa shape index (κ1) is 56.3. The molecule has 11 N–H and O–H groups in total. The van der Waals surface area contributed by atoms with Gasteiger partial charge >= 0.3 is 0 Å². The highest BCUT2D eigenvalue weighted by Crippen LogP contribution is 2.28. The second-order valence-electron chi connectivity index (χ2n) is 19.9. The van der Waals surface area contributed by atoms with Crippen LogP contribution < -0.4 is 37.1 Å². The van der Waals surface area contributed by atoms with Crippen LogP contribution in [-0.4, -0.2) is 158 Å². The Kier molecular flexibility index (Phi) is 19.2. The molecule has 7 rings (SSSR count). The summed E-state index contributed by atoms with van der Waals surface area (Å²) in [5.74, 6) is -4.84. The van der Waals surface area contributed by atoms with Crippen molar-refractivity contribution in [2.45, 2.75) is 133 Å². The zero-order valence-electron chi connectivity index (χ0n) is 43.0. The van der Waals surface area contributed by atoms with Crippen LogP contribution in [0.15, 0.2) is 97.1 Å². The molecule has 3 saturated heterocycles. The van der Waals surface area contributed by atoms with Crippen molar-refractivity contribution in [3.8, 4) is 33.8 Å². The summed E-state index contributed by atoms with van der Waals surface area (Å²) in [4.78, 5) is 101. The molecule has 7 amide bonds. The molecule has 406 valence electrons. The Morgan fingerprint density at radius 2 is 1.29 bits per heavy atom. The number of aliphatic hydroxyl groups is 3. The monoisotopic (exact) mass is 1050 g/mol. The van der Waals surface area contributed by atoms with Gasteiger partial charge in [-0.05, 0) is 110 Å². The highest BCUT2D eigenvalue weighted by Gasteiger charge is 2.48. The summed E-state index contributed by atoms with van der Waals surface area (Å²) in [6, 6.07) is 19.4. The lowest BCUT2D eigenvalue weighted by Crippen LogP contribution is -2.73. The fraction of sp³-hybridized carbons (Fsp3) is 0.446. The Balaban J connectivity index is 1.10. The normalized spacial score (nSPS) is 24.8. The van der Waals surface area contributed by atoms with Crippen LogP contribution in [0.4, 0.5) is 0 Å². The zero-order valence-corrected chi connectivity index (χ0v) is 43.0. The summed E-state index contributed by atoms with van der Waals surface area (Å²) < 4.78 is 5.86. The molecule has 0 bridgehead atoms. The van der Waals surface area contributed by atoms with Crippen LogP contribution in [-0.2, 0) is 35.2 Å². The number of benzene rings is 4. The summed E-state index contributed by atoms with van der Waals surface area (Å²) in [6.45, 7) is 4.84. The van der Waals surface area contributed by atoms with Crippen molar-refractivity contribution < 1.29 is 58.7 Å². The minimum atomic E-state index is -1.68. The number of rotatable bonds is 14. The van der Waals surface area contributed by atoms with Gasteiger partial charge in [-0.2, -0.15) is 0 Å². The average molecular weight is 1050 g/mol. The number of fused-ring (bicyclic) bond motifs is 2. The van der Waals surface area contributed by atoms with Gasteiger partial charge in [0.15, 0.2) is 0 Å². The Labute approximate surface area is 441 Å². The Hall–Kier alpha value is -7.39. The van der Waals surface area contributed by atoms with Crippen molar-refractivity contribution in [1.82, 2.24) is 36.4 Å². The molecule has 20 nitrogen and oxygen atoms in total. The maximum Gasteiger partial charge on any atom is 0.251 e. The van der Waals surface area contributed by atoms with Crippen LogP contribution in [0, 0.1) is 0 Å². The zero-order chi connectivity index (χ0) is 54.6. The van der Waals surface area contributed by atoms with E-state index in [0.717, 1.165) is 57.1 Å². The maximum absolute atomic E-state index is 14.4. The third-order valence-electron chi connectivity index (χ3n) is 14.1. The van der Waals surface area contributed by atoms with Crippen molar-refractivity contribution in [3.63, 3.8) is 0 Å². The van der Waals surface area contributed by atoms with Crippen molar-refractivity contribution in [2.24, 2.45) is 5.73 Å². The first-order valence-electron chi connectivity index (χ1n) is 26.0. The minimum Gasteiger partial charge on any atom is -0.508 e. The number of carbonyl (C=O) groups excluding carboxylic acids is 7. The maximum atomic E-state index is 14.4. The van der Waals surface area contributed by atoms with E-state index in [4.69, 9.17) is 10.5 Å². The quantitative estimate of drug-likeness (QED) is 0.0805. The molecule has 0 aliphatic carbocycles. The molecule has 76 heavy (non-hydrogen) atoms. The number of carbonyl (C=O) groups is 7. The Morgan fingerprint density at radius 3 is 1.87 bits per heavy atom. The van der Waals surface area contributed by atoms with E-state index in [1.54, 1.807) is 36.4 Å². The molecule has 10 atom stereocenters. The third-order valence-corrected chi connectivity index (χ3v) is 14.1. The van der Waals surface area contributed by atoms with Crippen molar-refractivity contribution in [2.75, 3.05) is 26.2 Å². The largest absolute Gasteiger partial charge is 0.508 e. The van der Waals surface area contributed by atoms with E-state index in [1.807, 2.05) is 48.5 Å². The summed E-state index contributed by atoms with van der Waals surface area (Å²) in [5, 5.41) is 55.7. The topological polar surface area (TPSA) is 302 Å². The Bertz CT molecular complexity index is 2670. The lowest BCUT2D eigenvalue weighted by Gasteiger charge is -2.46. The highest BCUT2D eigenvalue weighted by atomic mass is 16.5. The molecule has 3 heterocycles. The Morgan fingerprint density at radius 1 is 0.724 bits per heavy atom. The van der Waals surface area contributed by atoms with Crippen LogP contribution in [0.2, 0.25) is 0 Å². The summed E-state index contributed by atoms with van der Waals surface area (Å²) >= 11 is 0. The summed E-state index contributed by atoms with van der Waals surface area (Å²) in [6.07, 6.45) is -1.18. The number of nitrogens with zero attached hydrogens (tertiary/aromatic N) is 2. The number of nitrogens with one attached hydrogen (secondary N) is 5. The van der Waals surface area contributed by atoms with Gasteiger partial charge in [-0.3, -0.25) is 33.6 Å². The van der Waals surface area contributed by atoms with E-state index in [0.29, 0.717) is 12.2 Å². The van der Waals surface area contributed by atoms with Crippen molar-refractivity contribution >= 4 is 41.4 Å². The molecule has 0 radical (unpaired) electrons. The fourth-order valence-corrected chi connectivity index (χ4v) is 9.64. The summed E-state index contributed by atoms with van der Waals surface area (Å²) in [5.41, 5.74) is 10.9. The number of phenols is 1. The van der Waals surface area contributed by atoms with Gasteiger partial charge in [-0.15, -0.1) is 0 Å². The molecular formula is C56H70N8O12. The van der Waals surface area contributed by atoms with Gasteiger partial charge in [0.25, 0.3) is 5.91 Å². The average Bonchev–Trinajstić information content (AvgIpc) is 3.82. The number of ether oxygens (including phenoxy) is 1. The van der Waals surface area contributed by atoms with Gasteiger partial charge < -0.3 is 67.3 Å². The number of unbranched alkanes of at least 4 members (excludes halogenated alkanes) is 2. The lowest BCUT2D eigenvalue weighted by molar-refractivity contribution is -0.153. The molecule has 4 aromatic rings. The van der Waals surface area contributed by atoms with Crippen LogP contribution >= 0.6 is 0 Å². The third kappa shape index (κ3) is 14.1. The number of aryl methyl sites for hydroxylation is 1. The lowest BCUT2D eigenvalue weighted by atomic mass is 9.93. The van der Waals surface area contributed by atoms with E-state index in [1.165, 1.54) is 26.0 Å². The standard InChI is InChI=1S/C56H70N8O12/c1-4-5-6-28-76-42-24-20-38(21-25-42)36-14-12-35(13-15-36)37-16-18-39(19-17-37)50(69)59-44-8-7-27-58-54(73)49-43(57)31-64(49)56(75)48(33(3)66)62-52(71)45(26-11-34-9-22-40(67)23-10-34)60-53(72)46-29-41(68)30-63(46)55(74)47(32(2)65)61-51(44)70/h9-10,12-25,32-33,41,43-49,65-68H,4-8,11,26-31,57H2,1-3H3,(H,58,73)(H,59,69)(H,60,72)(H,61,70)(H,62,71)/t32?,33?,41-,43-,44+,45?,46?,47?,48?,49?/m1/s1. The molecule has 3 aliphatic heterocycles. The number of aliphatic hydroxyl groups excluding tert-OH is 3. The van der Waals surface area contributed by atoms with Crippen LogP contribution in [0.3, 0.4) is 0 Å².